The number of ketones is 2. The average Bonchev–Trinajstić information content (AvgIpc) is 2.98. The van der Waals surface area contributed by atoms with Crippen molar-refractivity contribution in [1.82, 2.24) is 0 Å². The number of ether oxygens (including phenoxy) is 2. The number of hydrogen-bond donors (Lipinski definition) is 0. The molecule has 0 aliphatic heterocycles. The summed E-state index contributed by atoms with van der Waals surface area (Å²) in [6, 6.07) is 29.9. The Hall–Kier alpha value is -3.74. The Labute approximate surface area is 251 Å². The monoisotopic (exact) mass is 658 g/mol. The van der Waals surface area contributed by atoms with Crippen molar-refractivity contribution < 1.29 is 19.1 Å². The van der Waals surface area contributed by atoms with Gasteiger partial charge in [-0.05, 0) is 84.7 Å². The fourth-order valence-corrected chi connectivity index (χ4v) is 4.28. The lowest BCUT2D eigenvalue weighted by Gasteiger charge is -2.09. The molecule has 0 N–H and O–H groups in total. The Balaban J connectivity index is 1.18. The summed E-state index contributed by atoms with van der Waals surface area (Å²) in [5.41, 5.74) is 3.07. The zero-order chi connectivity index (χ0) is 28.2. The Morgan fingerprint density at radius 3 is 1.38 bits per heavy atom. The molecule has 40 heavy (non-hydrogen) atoms. The normalized spacial score (nSPS) is 11.2. The summed E-state index contributed by atoms with van der Waals surface area (Å²) in [7, 11) is 0. The summed E-state index contributed by atoms with van der Waals surface area (Å²) in [6.45, 7) is 1.02. The van der Waals surface area contributed by atoms with Gasteiger partial charge in [-0.15, -0.1) is 0 Å². The highest BCUT2D eigenvalue weighted by atomic mass is 79.9. The van der Waals surface area contributed by atoms with E-state index >= 15 is 0 Å². The maximum atomic E-state index is 12.6. The Kier molecular flexibility index (Phi) is 11.1. The van der Waals surface area contributed by atoms with E-state index in [1.54, 1.807) is 48.6 Å². The van der Waals surface area contributed by atoms with Crippen LogP contribution in [-0.2, 0) is 0 Å². The Bertz CT molecular complexity index is 1370. The van der Waals surface area contributed by atoms with Gasteiger partial charge in [0, 0.05) is 20.1 Å². The number of benzene rings is 4. The molecule has 0 unspecified atom stereocenters. The number of carbonyl (C=O) groups excluding carboxylic acids is 2. The number of rotatable bonds is 13. The SMILES string of the molecule is O=C(/C=C/c1ccc(Br)cc1)c1cccc(OCCCCOc2cccc(C(=O)/C=C/c3ccc(Br)cc3)c2)c1. The summed E-state index contributed by atoms with van der Waals surface area (Å²) < 4.78 is 13.7. The third kappa shape index (κ3) is 9.47. The van der Waals surface area contributed by atoms with E-state index in [4.69, 9.17) is 9.47 Å². The molecule has 202 valence electrons. The van der Waals surface area contributed by atoms with Crippen molar-refractivity contribution in [3.63, 3.8) is 0 Å². The quantitative estimate of drug-likeness (QED) is 0.0816. The van der Waals surface area contributed by atoms with Crippen LogP contribution >= 0.6 is 31.9 Å². The van der Waals surface area contributed by atoms with Gasteiger partial charge in [0.25, 0.3) is 0 Å². The van der Waals surface area contributed by atoms with Crippen LogP contribution in [0.15, 0.2) is 118 Å². The van der Waals surface area contributed by atoms with Crippen molar-refractivity contribution >= 4 is 55.6 Å². The second-order valence-electron chi connectivity index (χ2n) is 8.96. The largest absolute Gasteiger partial charge is 0.494 e. The van der Waals surface area contributed by atoms with E-state index in [-0.39, 0.29) is 11.6 Å². The summed E-state index contributed by atoms with van der Waals surface area (Å²) in [4.78, 5) is 25.1. The van der Waals surface area contributed by atoms with Crippen LogP contribution in [0.1, 0.15) is 44.7 Å². The van der Waals surface area contributed by atoms with E-state index in [9.17, 15) is 9.59 Å². The van der Waals surface area contributed by atoms with Crippen LogP contribution in [0.5, 0.6) is 11.5 Å². The van der Waals surface area contributed by atoms with Crippen molar-refractivity contribution in [1.29, 1.82) is 0 Å². The highest BCUT2D eigenvalue weighted by Gasteiger charge is 2.06. The van der Waals surface area contributed by atoms with Gasteiger partial charge in [-0.2, -0.15) is 0 Å². The molecule has 0 bridgehead atoms. The number of halogens is 2. The molecule has 0 saturated heterocycles. The molecule has 0 atom stereocenters. The minimum Gasteiger partial charge on any atom is -0.494 e. The number of allylic oxidation sites excluding steroid dienone is 2. The van der Waals surface area contributed by atoms with Gasteiger partial charge < -0.3 is 9.47 Å². The topological polar surface area (TPSA) is 52.6 Å². The highest BCUT2D eigenvalue weighted by Crippen LogP contribution is 2.18. The maximum absolute atomic E-state index is 12.6. The molecular weight excluding hydrogens is 632 g/mol. The second-order valence-corrected chi connectivity index (χ2v) is 10.8. The molecule has 4 rings (SSSR count). The smallest absolute Gasteiger partial charge is 0.185 e. The molecule has 4 aromatic carbocycles. The van der Waals surface area contributed by atoms with Gasteiger partial charge in [-0.1, -0.05) is 92.5 Å². The molecule has 0 aliphatic carbocycles. The van der Waals surface area contributed by atoms with Crippen molar-refractivity contribution in [2.75, 3.05) is 13.2 Å². The third-order valence-electron chi connectivity index (χ3n) is 5.91. The van der Waals surface area contributed by atoms with Crippen molar-refractivity contribution in [2.45, 2.75) is 12.8 Å². The van der Waals surface area contributed by atoms with Gasteiger partial charge in [0.1, 0.15) is 11.5 Å². The summed E-state index contributed by atoms with van der Waals surface area (Å²) in [5.74, 6) is 1.16. The van der Waals surface area contributed by atoms with Crippen LogP contribution in [0, 0.1) is 0 Å². The lowest BCUT2D eigenvalue weighted by molar-refractivity contribution is 0.103. The van der Waals surface area contributed by atoms with E-state index in [0.29, 0.717) is 35.8 Å². The minimum absolute atomic E-state index is 0.0775. The van der Waals surface area contributed by atoms with E-state index in [0.717, 1.165) is 32.9 Å². The second kappa shape index (κ2) is 15.2. The fraction of sp³-hybridized carbons (Fsp3) is 0.118. The molecule has 0 radical (unpaired) electrons. The van der Waals surface area contributed by atoms with Gasteiger partial charge >= 0.3 is 0 Å². The molecule has 4 nitrogen and oxygen atoms in total. The molecule has 0 heterocycles. The lowest BCUT2D eigenvalue weighted by Crippen LogP contribution is -2.04. The zero-order valence-corrected chi connectivity index (χ0v) is 24.9. The molecule has 0 amide bonds. The first-order valence-corrected chi connectivity index (χ1v) is 14.5. The molecule has 0 aliphatic rings. The first kappa shape index (κ1) is 29.2. The van der Waals surface area contributed by atoms with E-state index in [2.05, 4.69) is 31.9 Å². The van der Waals surface area contributed by atoms with Crippen molar-refractivity contribution in [3.8, 4) is 11.5 Å². The summed E-state index contributed by atoms with van der Waals surface area (Å²) >= 11 is 6.82. The van der Waals surface area contributed by atoms with Crippen molar-refractivity contribution in [2.24, 2.45) is 0 Å². The first-order chi connectivity index (χ1) is 19.5. The van der Waals surface area contributed by atoms with E-state index in [1.807, 2.05) is 72.8 Å². The van der Waals surface area contributed by atoms with Crippen LogP contribution < -0.4 is 9.47 Å². The van der Waals surface area contributed by atoms with Gasteiger partial charge in [0.05, 0.1) is 13.2 Å². The fourth-order valence-electron chi connectivity index (χ4n) is 3.75. The van der Waals surface area contributed by atoms with Gasteiger partial charge in [0.2, 0.25) is 0 Å². The van der Waals surface area contributed by atoms with Crippen LogP contribution in [0.2, 0.25) is 0 Å². The van der Waals surface area contributed by atoms with Crippen LogP contribution in [0.3, 0.4) is 0 Å². The molecule has 0 spiro atoms. The maximum Gasteiger partial charge on any atom is 0.185 e. The van der Waals surface area contributed by atoms with E-state index in [1.165, 1.54) is 0 Å². The highest BCUT2D eigenvalue weighted by molar-refractivity contribution is 9.10. The van der Waals surface area contributed by atoms with Gasteiger partial charge in [0.15, 0.2) is 11.6 Å². The lowest BCUT2D eigenvalue weighted by atomic mass is 10.1. The van der Waals surface area contributed by atoms with Gasteiger partial charge in [-0.3, -0.25) is 9.59 Å². The predicted molar refractivity (Wildman–Crippen MR) is 168 cm³/mol. The number of unbranched alkanes of at least 4 members (excludes halogenated alkanes) is 1. The standard InChI is InChI=1S/C34H28Br2O4/c35-29-15-9-25(10-16-29)13-19-33(37)27-5-3-7-31(23-27)39-21-1-2-22-40-32-8-4-6-28(24-32)34(38)20-14-26-11-17-30(36)18-12-26/h3-20,23-24H,1-2,21-22H2/b19-13+,20-14+. The molecule has 6 heteroatoms. The Morgan fingerprint density at radius 2 is 0.975 bits per heavy atom. The molecule has 0 aromatic heterocycles. The molecular formula is C34H28Br2O4. The molecule has 4 aromatic rings. The number of hydrogen-bond acceptors (Lipinski definition) is 4. The molecule has 0 saturated carbocycles. The average molecular weight is 660 g/mol. The summed E-state index contributed by atoms with van der Waals surface area (Å²) in [5, 5.41) is 0. The summed E-state index contributed by atoms with van der Waals surface area (Å²) in [6.07, 6.45) is 8.32. The first-order valence-electron chi connectivity index (χ1n) is 12.9. The van der Waals surface area contributed by atoms with Crippen LogP contribution in [0.4, 0.5) is 0 Å². The van der Waals surface area contributed by atoms with Crippen LogP contribution in [-0.4, -0.2) is 24.8 Å². The number of carbonyl (C=O) groups is 2. The minimum atomic E-state index is -0.0775. The molecule has 0 fully saturated rings. The zero-order valence-electron chi connectivity index (χ0n) is 21.8. The van der Waals surface area contributed by atoms with Crippen LogP contribution in [0.25, 0.3) is 12.2 Å². The van der Waals surface area contributed by atoms with E-state index < -0.39 is 0 Å². The predicted octanol–water partition coefficient (Wildman–Crippen LogP) is 9.24. The van der Waals surface area contributed by atoms with Crippen molar-refractivity contribution in [3.05, 3.63) is 140 Å². The Morgan fingerprint density at radius 1 is 0.575 bits per heavy atom. The van der Waals surface area contributed by atoms with Gasteiger partial charge in [-0.25, -0.2) is 0 Å². The third-order valence-corrected chi connectivity index (χ3v) is 6.96.